The van der Waals surface area contributed by atoms with Crippen molar-refractivity contribution in [2.45, 2.75) is 38.5 Å². The van der Waals surface area contributed by atoms with Gasteiger partial charge in [-0.2, -0.15) is 11.4 Å². The highest BCUT2D eigenvalue weighted by molar-refractivity contribution is 5.04. The molecule has 1 aliphatic carbocycles. The summed E-state index contributed by atoms with van der Waals surface area (Å²) in [6, 6.07) is 0. The molecule has 0 unspecified atom stereocenters. The van der Waals surface area contributed by atoms with Crippen LogP contribution in [-0.2, 0) is 4.94 Å². The van der Waals surface area contributed by atoms with Crippen molar-refractivity contribution in [2.24, 2.45) is 5.90 Å². The predicted octanol–water partition coefficient (Wildman–Crippen LogP) is 1.66. The van der Waals surface area contributed by atoms with Gasteiger partial charge in [-0.3, -0.25) is 0 Å². The summed E-state index contributed by atoms with van der Waals surface area (Å²) in [4.78, 5) is 4.33. The number of hydroxylamine groups is 1. The number of allylic oxidation sites excluding steroid dienone is 1. The van der Waals surface area contributed by atoms with Crippen LogP contribution in [0.4, 0.5) is 0 Å². The lowest BCUT2D eigenvalue weighted by molar-refractivity contribution is 0.0464. The number of hydrogen-bond acceptors (Lipinski definition) is 3. The minimum atomic E-state index is 0.774. The normalized spacial score (nSPS) is 23.9. The summed E-state index contributed by atoms with van der Waals surface area (Å²) in [6.45, 7) is 0.774. The van der Waals surface area contributed by atoms with Gasteiger partial charge in [-0.15, -0.1) is 0 Å². The molecule has 0 spiro atoms. The average Bonchev–Trinajstić information content (AvgIpc) is 2.02. The van der Waals surface area contributed by atoms with E-state index in [2.05, 4.69) is 16.5 Å². The molecule has 0 aromatic carbocycles. The molecule has 1 rings (SSSR count). The second-order valence-corrected chi connectivity index (χ2v) is 3.25. The zero-order valence-corrected chi connectivity index (χ0v) is 7.51. The van der Waals surface area contributed by atoms with Gasteiger partial charge in [0.2, 0.25) is 0 Å². The number of hydrogen-bond donors (Lipinski definition) is 2. The minimum absolute atomic E-state index is 0.774. The average molecular weight is 170 g/mol. The Hall–Kier alpha value is -0.380. The van der Waals surface area contributed by atoms with Crippen molar-refractivity contribution in [2.75, 3.05) is 6.54 Å². The summed E-state index contributed by atoms with van der Waals surface area (Å²) in [5.41, 5.74) is 4.11. The van der Waals surface area contributed by atoms with Crippen molar-refractivity contribution in [3.8, 4) is 0 Å². The topological polar surface area (TPSA) is 47.3 Å². The molecular formula is C9H18N2O. The Morgan fingerprint density at radius 1 is 1.33 bits per heavy atom. The van der Waals surface area contributed by atoms with Crippen molar-refractivity contribution in [3.63, 3.8) is 0 Å². The van der Waals surface area contributed by atoms with Gasteiger partial charge in [-0.1, -0.05) is 24.5 Å². The van der Waals surface area contributed by atoms with Crippen molar-refractivity contribution in [1.82, 2.24) is 5.48 Å². The molecule has 70 valence electrons. The Bertz CT molecular complexity index is 145. The second kappa shape index (κ2) is 6.17. The third kappa shape index (κ3) is 3.85. The molecule has 0 bridgehead atoms. The zero-order valence-electron chi connectivity index (χ0n) is 7.51. The van der Waals surface area contributed by atoms with Crippen LogP contribution in [0.1, 0.15) is 38.5 Å². The number of nitrogens with one attached hydrogen (secondary N) is 1. The summed E-state index contributed by atoms with van der Waals surface area (Å²) in [7, 11) is 0. The van der Waals surface area contributed by atoms with Crippen LogP contribution >= 0.6 is 0 Å². The SMILES string of the molecule is NONC/C1=C\CCCCCC1. The fourth-order valence-corrected chi connectivity index (χ4v) is 1.55. The molecule has 0 atom stereocenters. The molecule has 1 aliphatic rings. The van der Waals surface area contributed by atoms with Crippen LogP contribution in [0.3, 0.4) is 0 Å². The predicted molar refractivity (Wildman–Crippen MR) is 49.1 cm³/mol. The van der Waals surface area contributed by atoms with Crippen LogP contribution in [0.15, 0.2) is 11.6 Å². The molecular weight excluding hydrogens is 152 g/mol. The van der Waals surface area contributed by atoms with Crippen LogP contribution in [0.25, 0.3) is 0 Å². The lowest BCUT2D eigenvalue weighted by Gasteiger charge is -2.10. The summed E-state index contributed by atoms with van der Waals surface area (Å²) in [6.07, 6.45) is 10.1. The fourth-order valence-electron chi connectivity index (χ4n) is 1.55. The first-order valence-corrected chi connectivity index (χ1v) is 4.70. The highest BCUT2D eigenvalue weighted by atomic mass is 16.8. The van der Waals surface area contributed by atoms with Gasteiger partial charge in [0.25, 0.3) is 0 Å². The molecule has 0 aliphatic heterocycles. The second-order valence-electron chi connectivity index (χ2n) is 3.25. The van der Waals surface area contributed by atoms with Gasteiger partial charge in [0.15, 0.2) is 0 Å². The molecule has 3 N–H and O–H groups in total. The van der Waals surface area contributed by atoms with Crippen molar-refractivity contribution >= 4 is 0 Å². The Kier molecular flexibility index (Phi) is 4.99. The van der Waals surface area contributed by atoms with Crippen LogP contribution in [0.5, 0.6) is 0 Å². The fraction of sp³-hybridized carbons (Fsp3) is 0.778. The van der Waals surface area contributed by atoms with Gasteiger partial charge in [-0.25, -0.2) is 4.94 Å². The van der Waals surface area contributed by atoms with E-state index in [-0.39, 0.29) is 0 Å². The monoisotopic (exact) mass is 170 g/mol. The van der Waals surface area contributed by atoms with E-state index in [1.54, 1.807) is 0 Å². The molecule has 0 heterocycles. The van der Waals surface area contributed by atoms with Gasteiger partial charge in [0.1, 0.15) is 0 Å². The molecule has 0 aromatic heterocycles. The molecule has 12 heavy (non-hydrogen) atoms. The molecule has 0 fully saturated rings. The first-order chi connectivity index (χ1) is 5.93. The summed E-state index contributed by atoms with van der Waals surface area (Å²) >= 11 is 0. The third-order valence-corrected chi connectivity index (χ3v) is 2.27. The van der Waals surface area contributed by atoms with E-state index >= 15 is 0 Å². The summed E-state index contributed by atoms with van der Waals surface area (Å²) in [5, 5.41) is 0. The maximum absolute atomic E-state index is 4.88. The molecule has 0 radical (unpaired) electrons. The van der Waals surface area contributed by atoms with Gasteiger partial charge in [0.05, 0.1) is 0 Å². The van der Waals surface area contributed by atoms with Gasteiger partial charge >= 0.3 is 0 Å². The van der Waals surface area contributed by atoms with Crippen molar-refractivity contribution in [3.05, 3.63) is 11.6 Å². The molecule has 0 saturated heterocycles. The van der Waals surface area contributed by atoms with Crippen LogP contribution in [-0.4, -0.2) is 6.54 Å². The third-order valence-electron chi connectivity index (χ3n) is 2.27. The Labute approximate surface area is 73.9 Å². The van der Waals surface area contributed by atoms with E-state index in [1.165, 1.54) is 44.1 Å². The smallest absolute Gasteiger partial charge is 0.0439 e. The Morgan fingerprint density at radius 3 is 3.00 bits per heavy atom. The van der Waals surface area contributed by atoms with Crippen molar-refractivity contribution in [1.29, 1.82) is 0 Å². The maximum Gasteiger partial charge on any atom is 0.0439 e. The van der Waals surface area contributed by atoms with Gasteiger partial charge in [0, 0.05) is 6.54 Å². The Balaban J connectivity index is 2.26. The quantitative estimate of drug-likeness (QED) is 0.500. The highest BCUT2D eigenvalue weighted by Gasteiger charge is 2.00. The van der Waals surface area contributed by atoms with E-state index < -0.39 is 0 Å². The standard InChI is InChI=1S/C9H18N2O/c10-12-11-8-9-6-4-2-1-3-5-7-9/h6,11H,1-5,7-8,10H2/b9-6-. The van der Waals surface area contributed by atoms with E-state index in [0.717, 1.165) is 6.54 Å². The molecule has 0 aromatic rings. The van der Waals surface area contributed by atoms with Crippen LogP contribution in [0, 0.1) is 0 Å². The molecule has 3 heteroatoms. The van der Waals surface area contributed by atoms with Crippen LogP contribution < -0.4 is 11.4 Å². The largest absolute Gasteiger partial charge is 0.217 e. The maximum atomic E-state index is 4.88. The summed E-state index contributed by atoms with van der Waals surface area (Å²) < 4.78 is 0. The first-order valence-electron chi connectivity index (χ1n) is 4.70. The van der Waals surface area contributed by atoms with E-state index in [9.17, 15) is 0 Å². The van der Waals surface area contributed by atoms with Crippen LogP contribution in [0.2, 0.25) is 0 Å². The minimum Gasteiger partial charge on any atom is -0.217 e. The van der Waals surface area contributed by atoms with E-state index in [0.29, 0.717) is 0 Å². The Morgan fingerprint density at radius 2 is 2.17 bits per heavy atom. The first kappa shape index (κ1) is 9.71. The molecule has 0 saturated carbocycles. The number of nitrogens with two attached hydrogens (primary N) is 1. The zero-order chi connectivity index (χ0) is 8.65. The van der Waals surface area contributed by atoms with Gasteiger partial charge < -0.3 is 0 Å². The highest BCUT2D eigenvalue weighted by Crippen LogP contribution is 2.15. The lowest BCUT2D eigenvalue weighted by atomic mass is 10.0. The number of rotatable bonds is 3. The molecule has 0 amide bonds. The van der Waals surface area contributed by atoms with E-state index in [1.807, 2.05) is 0 Å². The summed E-state index contributed by atoms with van der Waals surface area (Å²) in [5.74, 6) is 4.88. The van der Waals surface area contributed by atoms with Crippen molar-refractivity contribution < 1.29 is 4.94 Å². The molecule has 3 nitrogen and oxygen atoms in total. The van der Waals surface area contributed by atoms with Gasteiger partial charge in [-0.05, 0) is 25.7 Å². The van der Waals surface area contributed by atoms with E-state index in [4.69, 9.17) is 5.90 Å². The lowest BCUT2D eigenvalue weighted by Crippen LogP contribution is -2.21.